The number of rotatable bonds is 3. The summed E-state index contributed by atoms with van der Waals surface area (Å²) in [7, 11) is 0. The highest BCUT2D eigenvalue weighted by atomic mass is 15.0. The number of benzene rings is 3. The fourth-order valence-corrected chi connectivity index (χ4v) is 3.09. The van der Waals surface area contributed by atoms with Crippen molar-refractivity contribution in [1.29, 1.82) is 0 Å². The zero-order valence-corrected chi connectivity index (χ0v) is 13.0. The summed E-state index contributed by atoms with van der Waals surface area (Å²) in [6, 6.07) is 25.5. The normalized spacial score (nSPS) is 12.4. The Balaban J connectivity index is 1.69. The zero-order valence-electron chi connectivity index (χ0n) is 13.0. The lowest BCUT2D eigenvalue weighted by molar-refractivity contribution is 0.885. The summed E-state index contributed by atoms with van der Waals surface area (Å²) in [5.41, 5.74) is 1.29. The summed E-state index contributed by atoms with van der Waals surface area (Å²) in [4.78, 5) is 4.54. The Bertz CT molecular complexity index is 970. The van der Waals surface area contributed by atoms with E-state index in [1.165, 1.54) is 21.7 Å². The molecule has 2 nitrogen and oxygen atoms in total. The summed E-state index contributed by atoms with van der Waals surface area (Å²) < 4.78 is 0. The summed E-state index contributed by atoms with van der Waals surface area (Å²) in [6.07, 6.45) is 1.92. The Kier molecular flexibility index (Phi) is 3.43. The molecule has 0 amide bonds. The predicted molar refractivity (Wildman–Crippen MR) is 97.7 cm³/mol. The molecule has 0 aliphatic rings. The van der Waals surface area contributed by atoms with E-state index in [-0.39, 0.29) is 6.04 Å². The smallest absolute Gasteiger partial charge is 0.126 e. The number of hydrogen-bond donors (Lipinski definition) is 1. The van der Waals surface area contributed by atoms with Crippen LogP contribution in [0.3, 0.4) is 0 Å². The van der Waals surface area contributed by atoms with E-state index in [1.54, 1.807) is 0 Å². The van der Waals surface area contributed by atoms with Gasteiger partial charge in [0.2, 0.25) is 0 Å². The van der Waals surface area contributed by atoms with E-state index >= 15 is 0 Å². The Hall–Kier alpha value is -2.87. The monoisotopic (exact) mass is 298 g/mol. The van der Waals surface area contributed by atoms with Gasteiger partial charge in [0.25, 0.3) is 0 Å². The first-order valence-electron chi connectivity index (χ1n) is 7.90. The van der Waals surface area contributed by atoms with Gasteiger partial charge in [0.05, 0.1) is 6.04 Å². The maximum absolute atomic E-state index is 4.54. The first kappa shape index (κ1) is 13.8. The molecule has 0 aliphatic heterocycles. The molecular weight excluding hydrogens is 280 g/mol. The lowest BCUT2D eigenvalue weighted by Gasteiger charge is -2.17. The van der Waals surface area contributed by atoms with Gasteiger partial charge in [0, 0.05) is 11.6 Å². The highest BCUT2D eigenvalue weighted by Crippen LogP contribution is 2.27. The maximum Gasteiger partial charge on any atom is 0.126 e. The van der Waals surface area contributed by atoms with Crippen molar-refractivity contribution in [1.82, 2.24) is 4.98 Å². The SMILES string of the molecule is C[C@H](Nc1cc2ccccc2cn1)c1cccc2ccccc12. The fourth-order valence-electron chi connectivity index (χ4n) is 3.09. The van der Waals surface area contributed by atoms with Gasteiger partial charge in [-0.1, -0.05) is 66.7 Å². The molecule has 4 rings (SSSR count). The van der Waals surface area contributed by atoms with Crippen LogP contribution in [0.25, 0.3) is 21.5 Å². The van der Waals surface area contributed by atoms with Crippen molar-refractivity contribution in [2.45, 2.75) is 13.0 Å². The molecule has 0 saturated carbocycles. The third-order valence-corrected chi connectivity index (χ3v) is 4.29. The predicted octanol–water partition coefficient (Wildman–Crippen LogP) is 5.56. The van der Waals surface area contributed by atoms with Gasteiger partial charge in [-0.15, -0.1) is 0 Å². The third-order valence-electron chi connectivity index (χ3n) is 4.29. The third kappa shape index (κ3) is 2.64. The van der Waals surface area contributed by atoms with Crippen LogP contribution in [0.5, 0.6) is 0 Å². The zero-order chi connectivity index (χ0) is 15.6. The Morgan fingerprint density at radius 2 is 1.48 bits per heavy atom. The first-order valence-corrected chi connectivity index (χ1v) is 7.90. The highest BCUT2D eigenvalue weighted by molar-refractivity contribution is 5.87. The number of aromatic nitrogens is 1. The quantitative estimate of drug-likeness (QED) is 0.535. The second-order valence-corrected chi connectivity index (χ2v) is 5.85. The van der Waals surface area contributed by atoms with E-state index in [9.17, 15) is 0 Å². The molecule has 0 aliphatic carbocycles. The van der Waals surface area contributed by atoms with Crippen molar-refractivity contribution >= 4 is 27.4 Å². The minimum Gasteiger partial charge on any atom is -0.364 e. The van der Waals surface area contributed by atoms with Crippen LogP contribution in [0.2, 0.25) is 0 Å². The van der Waals surface area contributed by atoms with E-state index in [1.807, 2.05) is 12.3 Å². The lowest BCUT2D eigenvalue weighted by Crippen LogP contribution is -2.08. The number of anilines is 1. The van der Waals surface area contributed by atoms with E-state index in [0.717, 1.165) is 11.2 Å². The van der Waals surface area contributed by atoms with Gasteiger partial charge in [-0.05, 0) is 34.7 Å². The first-order chi connectivity index (χ1) is 11.3. The van der Waals surface area contributed by atoms with Crippen molar-refractivity contribution in [2.75, 3.05) is 5.32 Å². The molecular formula is C21H18N2. The number of pyridine rings is 1. The number of nitrogens with one attached hydrogen (secondary N) is 1. The van der Waals surface area contributed by atoms with Crippen molar-refractivity contribution < 1.29 is 0 Å². The van der Waals surface area contributed by atoms with Crippen molar-refractivity contribution in [3.63, 3.8) is 0 Å². The summed E-state index contributed by atoms with van der Waals surface area (Å²) in [5, 5.41) is 8.45. The molecule has 23 heavy (non-hydrogen) atoms. The maximum atomic E-state index is 4.54. The molecule has 2 heteroatoms. The van der Waals surface area contributed by atoms with Gasteiger partial charge in [-0.2, -0.15) is 0 Å². The second-order valence-electron chi connectivity index (χ2n) is 5.85. The Morgan fingerprint density at radius 3 is 2.35 bits per heavy atom. The van der Waals surface area contributed by atoms with Crippen LogP contribution in [0.1, 0.15) is 18.5 Å². The van der Waals surface area contributed by atoms with E-state index in [2.05, 4.69) is 84.0 Å². The molecule has 0 fully saturated rings. The second kappa shape index (κ2) is 5.73. The average Bonchev–Trinajstić information content (AvgIpc) is 2.61. The van der Waals surface area contributed by atoms with Gasteiger partial charge < -0.3 is 5.32 Å². The average molecular weight is 298 g/mol. The summed E-state index contributed by atoms with van der Waals surface area (Å²) >= 11 is 0. The highest BCUT2D eigenvalue weighted by Gasteiger charge is 2.09. The van der Waals surface area contributed by atoms with E-state index < -0.39 is 0 Å². The van der Waals surface area contributed by atoms with Gasteiger partial charge in [-0.3, -0.25) is 0 Å². The number of hydrogen-bond acceptors (Lipinski definition) is 2. The van der Waals surface area contributed by atoms with Crippen LogP contribution < -0.4 is 5.32 Å². The van der Waals surface area contributed by atoms with E-state index in [0.29, 0.717) is 0 Å². The Labute approximate surface area is 135 Å². The van der Waals surface area contributed by atoms with Crippen molar-refractivity contribution in [2.24, 2.45) is 0 Å². The van der Waals surface area contributed by atoms with Gasteiger partial charge >= 0.3 is 0 Å². The molecule has 1 atom stereocenters. The molecule has 0 radical (unpaired) electrons. The van der Waals surface area contributed by atoms with Crippen molar-refractivity contribution in [3.8, 4) is 0 Å². The van der Waals surface area contributed by atoms with E-state index in [4.69, 9.17) is 0 Å². The van der Waals surface area contributed by atoms with Crippen LogP contribution in [0.15, 0.2) is 79.0 Å². The van der Waals surface area contributed by atoms with Crippen molar-refractivity contribution in [3.05, 3.63) is 84.6 Å². The largest absolute Gasteiger partial charge is 0.364 e. The Morgan fingerprint density at radius 1 is 0.783 bits per heavy atom. The number of fused-ring (bicyclic) bond motifs is 2. The topological polar surface area (TPSA) is 24.9 Å². The standard InChI is InChI=1S/C21H18N2/c1-15(19-12-6-10-16-7-4-5-11-20(16)19)23-21-13-17-8-2-3-9-18(17)14-22-21/h2-15H,1H3,(H,22,23)/t15-/m0/s1. The summed E-state index contributed by atoms with van der Waals surface area (Å²) in [5.74, 6) is 0.907. The lowest BCUT2D eigenvalue weighted by atomic mass is 10.00. The fraction of sp³-hybridized carbons (Fsp3) is 0.0952. The molecule has 1 aromatic heterocycles. The molecule has 3 aromatic carbocycles. The minimum absolute atomic E-state index is 0.190. The van der Waals surface area contributed by atoms with Gasteiger partial charge in [0.15, 0.2) is 0 Å². The number of nitrogens with zero attached hydrogens (tertiary/aromatic N) is 1. The van der Waals surface area contributed by atoms with Crippen LogP contribution >= 0.6 is 0 Å². The molecule has 112 valence electrons. The molecule has 0 spiro atoms. The van der Waals surface area contributed by atoms with Crippen LogP contribution in [-0.2, 0) is 0 Å². The minimum atomic E-state index is 0.190. The molecule has 0 saturated heterocycles. The van der Waals surface area contributed by atoms with Gasteiger partial charge in [-0.25, -0.2) is 4.98 Å². The van der Waals surface area contributed by atoms with Crippen LogP contribution in [-0.4, -0.2) is 4.98 Å². The molecule has 4 aromatic rings. The van der Waals surface area contributed by atoms with Gasteiger partial charge in [0.1, 0.15) is 5.82 Å². The molecule has 0 unspecified atom stereocenters. The van der Waals surface area contributed by atoms with Crippen LogP contribution in [0.4, 0.5) is 5.82 Å². The van der Waals surface area contributed by atoms with Crippen LogP contribution in [0, 0.1) is 0 Å². The molecule has 0 bridgehead atoms. The molecule has 1 N–H and O–H groups in total. The molecule has 1 heterocycles. The summed E-state index contributed by atoms with van der Waals surface area (Å²) in [6.45, 7) is 2.18.